The highest BCUT2D eigenvalue weighted by atomic mass is 35.5. The zero-order valence-electron chi connectivity index (χ0n) is 13.4. The topological polar surface area (TPSA) is 98.5 Å². The molecule has 1 aromatic carbocycles. The summed E-state index contributed by atoms with van der Waals surface area (Å²) in [6, 6.07) is 6.15. The fourth-order valence-electron chi connectivity index (χ4n) is 1.94. The molecule has 0 aliphatic carbocycles. The molecule has 6 nitrogen and oxygen atoms in total. The van der Waals surface area contributed by atoms with Gasteiger partial charge in [0.1, 0.15) is 5.75 Å². The molecule has 8 heteroatoms. The van der Waals surface area contributed by atoms with E-state index in [-0.39, 0.29) is 29.0 Å². The van der Waals surface area contributed by atoms with Crippen LogP contribution < -0.4 is 15.8 Å². The lowest BCUT2D eigenvalue weighted by Crippen LogP contribution is -2.33. The van der Waals surface area contributed by atoms with Crippen LogP contribution in [-0.4, -0.2) is 40.3 Å². The summed E-state index contributed by atoms with van der Waals surface area (Å²) in [5.41, 5.74) is 5.37. The smallest absolute Gasteiger partial charge is 0.223 e. The standard InChI is InChI=1S/C15H24N2O4S.ClH/c1-12(15(18)17-10-4-3-9-16)11-22(19,20)14-7-5-13(21-2)6-8-14;/h5-8,12H,3-4,9-11,16H2,1-2H3,(H,17,18);1H. The number of hydrogen-bond acceptors (Lipinski definition) is 5. The van der Waals surface area contributed by atoms with E-state index in [1.54, 1.807) is 19.1 Å². The van der Waals surface area contributed by atoms with Gasteiger partial charge in [0.05, 0.1) is 17.8 Å². The van der Waals surface area contributed by atoms with Crippen LogP contribution in [0.15, 0.2) is 29.2 Å². The number of rotatable bonds is 9. The second-order valence-electron chi connectivity index (χ2n) is 5.14. The quantitative estimate of drug-likeness (QED) is 0.645. The Hall–Kier alpha value is -1.31. The van der Waals surface area contributed by atoms with Gasteiger partial charge in [0.2, 0.25) is 5.91 Å². The molecule has 0 aliphatic heterocycles. The molecule has 0 aromatic heterocycles. The zero-order valence-corrected chi connectivity index (χ0v) is 15.1. The maximum Gasteiger partial charge on any atom is 0.223 e. The lowest BCUT2D eigenvalue weighted by molar-refractivity contribution is -0.123. The molecule has 0 saturated heterocycles. The number of nitrogens with two attached hydrogens (primary N) is 1. The molecule has 0 aliphatic rings. The van der Waals surface area contributed by atoms with Gasteiger partial charge in [-0.3, -0.25) is 4.79 Å². The Labute approximate surface area is 144 Å². The van der Waals surface area contributed by atoms with Crippen molar-refractivity contribution in [1.82, 2.24) is 5.32 Å². The molecule has 3 N–H and O–H groups in total. The molecule has 0 bridgehead atoms. The van der Waals surface area contributed by atoms with Crippen molar-refractivity contribution in [2.75, 3.05) is 26.0 Å². The molecule has 1 amide bonds. The summed E-state index contributed by atoms with van der Waals surface area (Å²) in [6.45, 7) is 2.71. The van der Waals surface area contributed by atoms with E-state index in [2.05, 4.69) is 5.32 Å². The molecule has 0 heterocycles. The van der Waals surface area contributed by atoms with Crippen molar-refractivity contribution in [1.29, 1.82) is 0 Å². The van der Waals surface area contributed by atoms with E-state index in [1.165, 1.54) is 19.2 Å². The van der Waals surface area contributed by atoms with Crippen molar-refractivity contribution in [3.63, 3.8) is 0 Å². The minimum atomic E-state index is -3.50. The third-order valence-corrected chi connectivity index (χ3v) is 5.19. The van der Waals surface area contributed by atoms with Gasteiger partial charge < -0.3 is 15.8 Å². The molecule has 1 atom stereocenters. The first-order valence-electron chi connectivity index (χ1n) is 7.25. The van der Waals surface area contributed by atoms with Crippen LogP contribution in [0.5, 0.6) is 5.75 Å². The maximum absolute atomic E-state index is 12.3. The van der Waals surface area contributed by atoms with Crippen LogP contribution in [-0.2, 0) is 14.6 Å². The fraction of sp³-hybridized carbons (Fsp3) is 0.533. The molecule has 0 radical (unpaired) electrons. The SMILES string of the molecule is COc1ccc(S(=O)(=O)CC(C)C(=O)NCCCCN)cc1.Cl. The average Bonchev–Trinajstić information content (AvgIpc) is 2.51. The summed E-state index contributed by atoms with van der Waals surface area (Å²) < 4.78 is 29.6. The van der Waals surface area contributed by atoms with Gasteiger partial charge >= 0.3 is 0 Å². The number of nitrogens with one attached hydrogen (secondary N) is 1. The van der Waals surface area contributed by atoms with E-state index in [9.17, 15) is 13.2 Å². The summed E-state index contributed by atoms with van der Waals surface area (Å²) in [7, 11) is -1.99. The normalized spacial score (nSPS) is 12.1. The van der Waals surface area contributed by atoms with Crippen LogP contribution in [0, 0.1) is 5.92 Å². The van der Waals surface area contributed by atoms with E-state index in [1.807, 2.05) is 0 Å². The highest BCUT2D eigenvalue weighted by molar-refractivity contribution is 7.91. The summed E-state index contributed by atoms with van der Waals surface area (Å²) in [5.74, 6) is -0.495. The molecule has 1 aromatic rings. The molecule has 23 heavy (non-hydrogen) atoms. The molecule has 0 saturated carbocycles. The number of ether oxygens (including phenoxy) is 1. The summed E-state index contributed by atoms with van der Waals surface area (Å²) in [4.78, 5) is 12.1. The van der Waals surface area contributed by atoms with Gasteiger partial charge in [-0.05, 0) is 43.7 Å². The number of hydrogen-bond donors (Lipinski definition) is 2. The maximum atomic E-state index is 12.3. The average molecular weight is 365 g/mol. The van der Waals surface area contributed by atoms with Gasteiger partial charge in [-0.15, -0.1) is 12.4 Å². The Bertz CT molecular complexity index is 576. The van der Waals surface area contributed by atoms with Crippen molar-refractivity contribution < 1.29 is 17.9 Å². The van der Waals surface area contributed by atoms with Crippen molar-refractivity contribution in [3.8, 4) is 5.75 Å². The molecular formula is C15H25ClN2O4S. The van der Waals surface area contributed by atoms with Crippen molar-refractivity contribution in [2.24, 2.45) is 11.7 Å². The van der Waals surface area contributed by atoms with E-state index in [4.69, 9.17) is 10.5 Å². The van der Waals surface area contributed by atoms with Crippen LogP contribution >= 0.6 is 12.4 Å². The summed E-state index contributed by atoms with van der Waals surface area (Å²) in [6.07, 6.45) is 1.62. The van der Waals surface area contributed by atoms with Gasteiger partial charge in [-0.1, -0.05) is 6.92 Å². The van der Waals surface area contributed by atoms with Gasteiger partial charge in [-0.25, -0.2) is 8.42 Å². The Morgan fingerprint density at radius 1 is 1.26 bits per heavy atom. The van der Waals surface area contributed by atoms with E-state index >= 15 is 0 Å². The zero-order chi connectivity index (χ0) is 16.6. The van der Waals surface area contributed by atoms with Gasteiger partial charge in [0.15, 0.2) is 9.84 Å². The number of amides is 1. The highest BCUT2D eigenvalue weighted by Gasteiger charge is 2.23. The molecule has 1 unspecified atom stereocenters. The van der Waals surface area contributed by atoms with Crippen molar-refractivity contribution >= 4 is 28.2 Å². The first-order valence-corrected chi connectivity index (χ1v) is 8.90. The lowest BCUT2D eigenvalue weighted by atomic mass is 10.2. The van der Waals surface area contributed by atoms with Crippen LogP contribution in [0.1, 0.15) is 19.8 Å². The monoisotopic (exact) mass is 364 g/mol. The Kier molecular flexibility index (Phi) is 9.87. The van der Waals surface area contributed by atoms with Crippen LogP contribution in [0.3, 0.4) is 0 Å². The van der Waals surface area contributed by atoms with Gasteiger partial charge in [0, 0.05) is 12.5 Å². The van der Waals surface area contributed by atoms with Gasteiger partial charge in [0.25, 0.3) is 0 Å². The van der Waals surface area contributed by atoms with Crippen LogP contribution in [0.2, 0.25) is 0 Å². The third kappa shape index (κ3) is 7.20. The Morgan fingerprint density at radius 3 is 2.39 bits per heavy atom. The first-order chi connectivity index (χ1) is 10.4. The van der Waals surface area contributed by atoms with E-state index in [0.29, 0.717) is 18.8 Å². The number of halogens is 1. The number of methoxy groups -OCH3 is 1. The molecule has 0 fully saturated rings. The predicted octanol–water partition coefficient (Wildman–Crippen LogP) is 1.38. The first kappa shape index (κ1) is 21.7. The number of unbranched alkanes of at least 4 members (excludes halogenated alkanes) is 1. The second-order valence-corrected chi connectivity index (χ2v) is 7.18. The van der Waals surface area contributed by atoms with Gasteiger partial charge in [-0.2, -0.15) is 0 Å². The number of benzene rings is 1. The fourth-order valence-corrected chi connectivity index (χ4v) is 3.49. The Morgan fingerprint density at radius 2 is 1.87 bits per heavy atom. The minimum absolute atomic E-state index is 0. The van der Waals surface area contributed by atoms with Crippen LogP contribution in [0.25, 0.3) is 0 Å². The molecule has 0 spiro atoms. The Balaban J connectivity index is 0.00000484. The third-order valence-electron chi connectivity index (χ3n) is 3.27. The molecule has 1 rings (SSSR count). The highest BCUT2D eigenvalue weighted by Crippen LogP contribution is 2.18. The minimum Gasteiger partial charge on any atom is -0.497 e. The summed E-state index contributed by atoms with van der Waals surface area (Å²) >= 11 is 0. The number of sulfone groups is 1. The predicted molar refractivity (Wildman–Crippen MR) is 92.8 cm³/mol. The molecule has 132 valence electrons. The molecular weight excluding hydrogens is 340 g/mol. The number of carbonyl (C=O) groups is 1. The summed E-state index contributed by atoms with van der Waals surface area (Å²) in [5, 5.41) is 2.73. The van der Waals surface area contributed by atoms with Crippen LogP contribution in [0.4, 0.5) is 0 Å². The van der Waals surface area contributed by atoms with Crippen molar-refractivity contribution in [3.05, 3.63) is 24.3 Å². The second kappa shape index (κ2) is 10.5. The van der Waals surface area contributed by atoms with Crippen molar-refractivity contribution in [2.45, 2.75) is 24.7 Å². The largest absolute Gasteiger partial charge is 0.497 e. The van der Waals surface area contributed by atoms with E-state index in [0.717, 1.165) is 12.8 Å². The lowest BCUT2D eigenvalue weighted by Gasteiger charge is -2.13. The van der Waals surface area contributed by atoms with E-state index < -0.39 is 15.8 Å². The number of carbonyl (C=O) groups excluding carboxylic acids is 1.